The van der Waals surface area contributed by atoms with E-state index < -0.39 is 11.6 Å². The number of benzene rings is 1. The molecule has 140 valence electrons. The van der Waals surface area contributed by atoms with Crippen molar-refractivity contribution in [2.24, 2.45) is 0 Å². The lowest BCUT2D eigenvalue weighted by atomic mass is 10.2. The number of imidazole rings is 1. The van der Waals surface area contributed by atoms with Crippen molar-refractivity contribution in [2.75, 3.05) is 29.6 Å². The maximum Gasteiger partial charge on any atom is 0.359 e. The van der Waals surface area contributed by atoms with E-state index in [0.29, 0.717) is 5.95 Å². The van der Waals surface area contributed by atoms with Gasteiger partial charge in [-0.1, -0.05) is 34.1 Å². The van der Waals surface area contributed by atoms with Gasteiger partial charge >= 0.3 is 5.97 Å². The fraction of sp³-hybridized carbons (Fsp3) is 0.389. The van der Waals surface area contributed by atoms with Crippen molar-refractivity contribution in [1.82, 2.24) is 9.55 Å². The number of halogens is 1. The number of rotatable bonds is 5. The van der Waals surface area contributed by atoms with Gasteiger partial charge in [-0.15, -0.1) is 0 Å². The predicted molar refractivity (Wildman–Crippen MR) is 105 cm³/mol. The number of alkyl halides is 1. The second-order valence-corrected chi connectivity index (χ2v) is 7.42. The summed E-state index contributed by atoms with van der Waals surface area (Å²) in [5.41, 5.74) is 0.228. The van der Waals surface area contributed by atoms with E-state index in [1.165, 1.54) is 0 Å². The number of nitrogens with one attached hydrogen (secondary N) is 1. The minimum atomic E-state index is -0.683. The topological polar surface area (TPSA) is 76.5 Å². The van der Waals surface area contributed by atoms with Crippen molar-refractivity contribution in [3.8, 4) is 5.69 Å². The van der Waals surface area contributed by atoms with Crippen LogP contribution in [0.2, 0.25) is 0 Å². The Morgan fingerprint density at radius 2 is 1.85 bits per heavy atom. The summed E-state index contributed by atoms with van der Waals surface area (Å²) in [5, 5.41) is 2.76. The van der Waals surface area contributed by atoms with Crippen molar-refractivity contribution >= 4 is 39.6 Å². The molecule has 0 radical (unpaired) electrons. The second kappa shape index (κ2) is 7.90. The third kappa shape index (κ3) is 4.63. The van der Waals surface area contributed by atoms with E-state index in [2.05, 4.69) is 26.2 Å². The number of carbonyl (C=O) groups is 2. The van der Waals surface area contributed by atoms with Crippen molar-refractivity contribution in [1.29, 1.82) is 0 Å². The highest BCUT2D eigenvalue weighted by atomic mass is 79.9. The zero-order valence-corrected chi connectivity index (χ0v) is 17.1. The first-order valence-corrected chi connectivity index (χ1v) is 9.21. The average Bonchev–Trinajstić information content (AvgIpc) is 2.93. The molecule has 0 spiro atoms. The van der Waals surface area contributed by atoms with Crippen LogP contribution in [0.3, 0.4) is 0 Å². The number of hydrogen-bond acceptors (Lipinski definition) is 5. The number of hydrogen-bond donors (Lipinski definition) is 1. The summed E-state index contributed by atoms with van der Waals surface area (Å²) in [5.74, 6) is -0.206. The van der Waals surface area contributed by atoms with E-state index in [1.54, 1.807) is 30.2 Å². The minimum absolute atomic E-state index is 0.0935. The minimum Gasteiger partial charge on any atom is -0.455 e. The largest absolute Gasteiger partial charge is 0.455 e. The normalized spacial score (nSPS) is 11.2. The summed E-state index contributed by atoms with van der Waals surface area (Å²) >= 11 is 3.11. The van der Waals surface area contributed by atoms with Crippen molar-refractivity contribution in [3.63, 3.8) is 0 Å². The quantitative estimate of drug-likeness (QED) is 0.591. The molecule has 0 aliphatic rings. The van der Waals surface area contributed by atoms with E-state index in [1.807, 2.05) is 44.4 Å². The van der Waals surface area contributed by atoms with Gasteiger partial charge in [-0.05, 0) is 32.9 Å². The average molecular weight is 423 g/mol. The molecule has 1 aromatic carbocycles. The number of aromatic nitrogens is 2. The van der Waals surface area contributed by atoms with E-state index in [9.17, 15) is 9.59 Å². The van der Waals surface area contributed by atoms with Crippen LogP contribution in [0.25, 0.3) is 5.69 Å². The van der Waals surface area contributed by atoms with Gasteiger partial charge in [0.2, 0.25) is 11.9 Å². The molecule has 0 aliphatic carbocycles. The summed E-state index contributed by atoms with van der Waals surface area (Å²) < 4.78 is 7.23. The summed E-state index contributed by atoms with van der Waals surface area (Å²) in [6.45, 7) is 5.37. The molecule has 0 bridgehead atoms. The molecule has 0 atom stereocenters. The van der Waals surface area contributed by atoms with E-state index >= 15 is 0 Å². The van der Waals surface area contributed by atoms with Crippen LogP contribution < -0.4 is 10.2 Å². The van der Waals surface area contributed by atoms with Crippen LogP contribution in [0.5, 0.6) is 0 Å². The van der Waals surface area contributed by atoms with Crippen LogP contribution in [0.15, 0.2) is 30.3 Å². The van der Waals surface area contributed by atoms with Gasteiger partial charge in [0, 0.05) is 19.8 Å². The Morgan fingerprint density at radius 3 is 2.35 bits per heavy atom. The molecule has 0 aliphatic heterocycles. The number of ether oxygens (including phenoxy) is 1. The number of nitrogens with zero attached hydrogens (tertiary/aromatic N) is 3. The zero-order valence-electron chi connectivity index (χ0n) is 15.5. The molecule has 8 heteroatoms. The number of para-hydroxylation sites is 1. The summed E-state index contributed by atoms with van der Waals surface area (Å²) in [6, 6.07) is 9.34. The van der Waals surface area contributed by atoms with Crippen LogP contribution in [0, 0.1) is 0 Å². The summed E-state index contributed by atoms with van der Waals surface area (Å²) in [7, 11) is 3.63. The lowest BCUT2D eigenvalue weighted by Gasteiger charge is -2.21. The Labute approximate surface area is 161 Å². The monoisotopic (exact) mass is 422 g/mol. The zero-order chi connectivity index (χ0) is 19.5. The molecule has 26 heavy (non-hydrogen) atoms. The van der Waals surface area contributed by atoms with Crippen molar-refractivity contribution < 1.29 is 14.3 Å². The number of amides is 1. The first kappa shape index (κ1) is 20.0. The molecule has 2 rings (SSSR count). The van der Waals surface area contributed by atoms with Gasteiger partial charge < -0.3 is 15.0 Å². The fourth-order valence-corrected chi connectivity index (χ4v) is 2.44. The standard InChI is InChI=1S/C18H23BrN4O3/c1-18(2,3)26-16(25)14-15(20-13(24)11-19)21-17(22(4)5)23(14)12-9-7-6-8-10-12/h6-10H,11H2,1-5H3,(H,20,24). The van der Waals surface area contributed by atoms with Gasteiger partial charge in [0.25, 0.3) is 0 Å². The lowest BCUT2D eigenvalue weighted by molar-refractivity contribution is -0.113. The Kier molecular flexibility index (Phi) is 6.07. The van der Waals surface area contributed by atoms with Crippen LogP contribution in [0.4, 0.5) is 11.8 Å². The number of anilines is 2. The summed E-state index contributed by atoms with van der Waals surface area (Å²) in [6.07, 6.45) is 0. The predicted octanol–water partition coefficient (Wildman–Crippen LogP) is 3.23. The SMILES string of the molecule is CN(C)c1nc(NC(=O)CBr)c(C(=O)OC(C)(C)C)n1-c1ccccc1. The Balaban J connectivity index is 2.69. The molecule has 0 unspecified atom stereocenters. The highest BCUT2D eigenvalue weighted by Crippen LogP contribution is 2.29. The Hall–Kier alpha value is -2.35. The lowest BCUT2D eigenvalue weighted by Crippen LogP contribution is -2.27. The van der Waals surface area contributed by atoms with Gasteiger partial charge in [-0.2, -0.15) is 4.98 Å². The van der Waals surface area contributed by atoms with Crippen LogP contribution in [-0.2, 0) is 9.53 Å². The van der Waals surface area contributed by atoms with Crippen molar-refractivity contribution in [2.45, 2.75) is 26.4 Å². The molecule has 0 fully saturated rings. The first-order valence-electron chi connectivity index (χ1n) is 8.08. The van der Waals surface area contributed by atoms with E-state index in [-0.39, 0.29) is 22.7 Å². The van der Waals surface area contributed by atoms with Gasteiger partial charge in [0.15, 0.2) is 11.5 Å². The Morgan fingerprint density at radius 1 is 1.23 bits per heavy atom. The molecule has 1 heterocycles. The van der Waals surface area contributed by atoms with Gasteiger partial charge in [0.05, 0.1) is 5.33 Å². The molecule has 7 nitrogen and oxygen atoms in total. The molecule has 0 saturated carbocycles. The third-order valence-electron chi connectivity index (χ3n) is 3.25. The molecule has 1 N–H and O–H groups in total. The van der Waals surface area contributed by atoms with Gasteiger partial charge in [-0.3, -0.25) is 9.36 Å². The van der Waals surface area contributed by atoms with Crippen LogP contribution >= 0.6 is 15.9 Å². The maximum absolute atomic E-state index is 12.9. The molecule has 2 aromatic rings. The third-order valence-corrected chi connectivity index (χ3v) is 3.75. The molecule has 0 saturated heterocycles. The molecule has 1 amide bonds. The highest BCUT2D eigenvalue weighted by molar-refractivity contribution is 9.09. The first-order chi connectivity index (χ1) is 12.1. The van der Waals surface area contributed by atoms with E-state index in [0.717, 1.165) is 5.69 Å². The Bertz CT molecular complexity index is 795. The van der Waals surface area contributed by atoms with Crippen LogP contribution in [-0.4, -0.2) is 46.5 Å². The fourth-order valence-electron chi connectivity index (χ4n) is 2.30. The van der Waals surface area contributed by atoms with Crippen molar-refractivity contribution in [3.05, 3.63) is 36.0 Å². The molecular weight excluding hydrogens is 400 g/mol. The molecular formula is C18H23BrN4O3. The van der Waals surface area contributed by atoms with Gasteiger partial charge in [0.1, 0.15) is 5.60 Å². The smallest absolute Gasteiger partial charge is 0.359 e. The van der Waals surface area contributed by atoms with Gasteiger partial charge in [-0.25, -0.2) is 4.79 Å². The number of carbonyl (C=O) groups excluding carboxylic acids is 2. The molecule has 1 aromatic heterocycles. The summed E-state index contributed by atoms with van der Waals surface area (Å²) in [4.78, 5) is 31.0. The number of esters is 1. The highest BCUT2D eigenvalue weighted by Gasteiger charge is 2.30. The van der Waals surface area contributed by atoms with E-state index in [4.69, 9.17) is 4.74 Å². The second-order valence-electron chi connectivity index (χ2n) is 6.86. The van der Waals surface area contributed by atoms with Crippen LogP contribution in [0.1, 0.15) is 31.3 Å². The maximum atomic E-state index is 12.9.